The number of carbonyl (C=O) groups excluding carboxylic acids is 2. The molecule has 2 atom stereocenters. The van der Waals surface area contributed by atoms with Gasteiger partial charge in [-0.1, -0.05) is 6.08 Å². The van der Waals surface area contributed by atoms with Crippen molar-refractivity contribution in [1.29, 1.82) is 0 Å². The Kier molecular flexibility index (Phi) is 5.27. The van der Waals surface area contributed by atoms with Gasteiger partial charge in [-0.25, -0.2) is 13.6 Å². The Balaban J connectivity index is 1.79. The van der Waals surface area contributed by atoms with Gasteiger partial charge >= 0.3 is 6.09 Å². The maximum Gasteiger partial charge on any atom is 0.414 e. The van der Waals surface area contributed by atoms with E-state index in [0.29, 0.717) is 6.42 Å². The number of cyclic esters (lactones) is 1. The molecule has 2 aliphatic heterocycles. The van der Waals surface area contributed by atoms with E-state index in [0.717, 1.165) is 17.9 Å². The average Bonchev–Trinajstić information content (AvgIpc) is 2.94. The first-order valence-electron chi connectivity index (χ1n) is 7.95. The van der Waals surface area contributed by atoms with Crippen molar-refractivity contribution in [2.75, 3.05) is 23.7 Å². The summed E-state index contributed by atoms with van der Waals surface area (Å²) >= 11 is 1.61. The van der Waals surface area contributed by atoms with Crippen LogP contribution in [0.4, 0.5) is 19.3 Å². The molecule has 1 saturated heterocycles. The Hall–Kier alpha value is -2.09. The standard InChI is InChI=1S/C17H18F2N2O3S/c1-10(22)20-8-13-9-21(17(23)24-13)12-6-14(18)16(15(19)7-12)11-2-4-25-5-3-11/h2,4,6-7,11,13H,3,5,8-9H2,1H3,(H,20,22)/t11?,13-/m0/s1. The van der Waals surface area contributed by atoms with Crippen LogP contribution in [0.3, 0.4) is 0 Å². The minimum Gasteiger partial charge on any atom is -0.442 e. The van der Waals surface area contributed by atoms with Crippen LogP contribution in [0.15, 0.2) is 23.6 Å². The lowest BCUT2D eigenvalue weighted by atomic mass is 9.95. The van der Waals surface area contributed by atoms with E-state index in [2.05, 4.69) is 5.32 Å². The summed E-state index contributed by atoms with van der Waals surface area (Å²) in [4.78, 5) is 24.1. The number of rotatable bonds is 4. The highest BCUT2D eigenvalue weighted by Gasteiger charge is 2.33. The number of ether oxygens (including phenoxy) is 1. The van der Waals surface area contributed by atoms with E-state index in [1.54, 1.807) is 17.8 Å². The number of anilines is 1. The van der Waals surface area contributed by atoms with Crippen molar-refractivity contribution < 1.29 is 23.1 Å². The van der Waals surface area contributed by atoms with Crippen molar-refractivity contribution in [2.24, 2.45) is 0 Å². The zero-order chi connectivity index (χ0) is 18.0. The van der Waals surface area contributed by atoms with Crippen LogP contribution in [-0.2, 0) is 9.53 Å². The van der Waals surface area contributed by atoms with Crippen LogP contribution in [0, 0.1) is 11.6 Å². The molecule has 0 spiro atoms. The molecule has 0 aliphatic carbocycles. The molecule has 0 bridgehead atoms. The van der Waals surface area contributed by atoms with Gasteiger partial charge in [0.2, 0.25) is 5.91 Å². The molecule has 2 heterocycles. The van der Waals surface area contributed by atoms with Gasteiger partial charge in [-0.15, -0.1) is 11.8 Å². The highest BCUT2D eigenvalue weighted by Crippen LogP contribution is 2.35. The predicted octanol–water partition coefficient (Wildman–Crippen LogP) is 3.16. The molecule has 1 N–H and O–H groups in total. The van der Waals surface area contributed by atoms with Gasteiger partial charge in [0.15, 0.2) is 0 Å². The molecule has 3 rings (SSSR count). The van der Waals surface area contributed by atoms with Gasteiger partial charge in [-0.2, -0.15) is 0 Å². The Bertz CT molecular complexity index is 703. The molecular formula is C17H18F2N2O3S. The number of nitrogens with one attached hydrogen (secondary N) is 1. The molecule has 1 fully saturated rings. The fraction of sp³-hybridized carbons (Fsp3) is 0.412. The predicted molar refractivity (Wildman–Crippen MR) is 91.6 cm³/mol. The molecule has 0 aromatic heterocycles. The molecule has 0 saturated carbocycles. The van der Waals surface area contributed by atoms with Crippen LogP contribution in [0.25, 0.3) is 0 Å². The van der Waals surface area contributed by atoms with E-state index in [-0.39, 0.29) is 36.2 Å². The van der Waals surface area contributed by atoms with Crippen LogP contribution in [-0.4, -0.2) is 36.9 Å². The molecule has 0 radical (unpaired) electrons. The summed E-state index contributed by atoms with van der Waals surface area (Å²) in [6, 6.07) is 2.33. The van der Waals surface area contributed by atoms with E-state index in [1.165, 1.54) is 11.8 Å². The fourth-order valence-corrected chi connectivity index (χ4v) is 3.75. The lowest BCUT2D eigenvalue weighted by molar-refractivity contribution is -0.119. The smallest absolute Gasteiger partial charge is 0.414 e. The Morgan fingerprint density at radius 1 is 1.40 bits per heavy atom. The zero-order valence-corrected chi connectivity index (χ0v) is 14.4. The number of allylic oxidation sites excluding steroid dienone is 1. The summed E-state index contributed by atoms with van der Waals surface area (Å²) < 4.78 is 34.1. The Morgan fingerprint density at radius 2 is 2.12 bits per heavy atom. The quantitative estimate of drug-likeness (QED) is 0.887. The minimum absolute atomic E-state index is 0.0302. The van der Waals surface area contributed by atoms with Gasteiger partial charge in [0.05, 0.1) is 18.8 Å². The number of halogens is 2. The number of hydrogen-bond donors (Lipinski definition) is 1. The second kappa shape index (κ2) is 7.43. The number of hydrogen-bond acceptors (Lipinski definition) is 4. The Labute approximate surface area is 148 Å². The third kappa shape index (κ3) is 3.95. The first-order valence-corrected chi connectivity index (χ1v) is 9.00. The molecule has 1 unspecified atom stereocenters. The van der Waals surface area contributed by atoms with Gasteiger partial charge < -0.3 is 10.1 Å². The molecule has 1 aromatic rings. The molecular weight excluding hydrogens is 350 g/mol. The minimum atomic E-state index is -0.684. The van der Waals surface area contributed by atoms with Gasteiger partial charge in [0, 0.05) is 18.4 Å². The van der Waals surface area contributed by atoms with Crippen molar-refractivity contribution >= 4 is 29.4 Å². The molecule has 1 aromatic carbocycles. The van der Waals surface area contributed by atoms with E-state index in [1.807, 2.05) is 5.41 Å². The normalized spacial score (nSPS) is 22.8. The van der Waals surface area contributed by atoms with Crippen molar-refractivity contribution in [3.63, 3.8) is 0 Å². The van der Waals surface area contributed by atoms with Crippen molar-refractivity contribution in [3.05, 3.63) is 40.8 Å². The zero-order valence-electron chi connectivity index (χ0n) is 13.6. The largest absolute Gasteiger partial charge is 0.442 e. The summed E-state index contributed by atoms with van der Waals surface area (Å²) in [5, 5.41) is 4.41. The number of thioether (sulfide) groups is 1. The topological polar surface area (TPSA) is 58.6 Å². The van der Waals surface area contributed by atoms with Crippen LogP contribution in [0.2, 0.25) is 0 Å². The van der Waals surface area contributed by atoms with E-state index in [4.69, 9.17) is 4.74 Å². The summed E-state index contributed by atoms with van der Waals surface area (Å²) in [5.41, 5.74) is 0.144. The number of benzene rings is 1. The second-order valence-electron chi connectivity index (χ2n) is 5.97. The highest BCUT2D eigenvalue weighted by atomic mass is 32.2. The van der Waals surface area contributed by atoms with E-state index in [9.17, 15) is 18.4 Å². The lowest BCUT2D eigenvalue weighted by Crippen LogP contribution is -2.33. The molecule has 5 nitrogen and oxygen atoms in total. The summed E-state index contributed by atoms with van der Waals surface area (Å²) in [7, 11) is 0. The van der Waals surface area contributed by atoms with Gasteiger partial charge in [-0.05, 0) is 29.7 Å². The van der Waals surface area contributed by atoms with E-state index < -0.39 is 23.8 Å². The molecule has 8 heteroatoms. The number of carbonyl (C=O) groups is 2. The van der Waals surface area contributed by atoms with Crippen LogP contribution in [0.5, 0.6) is 0 Å². The van der Waals surface area contributed by atoms with Crippen molar-refractivity contribution in [1.82, 2.24) is 5.32 Å². The lowest BCUT2D eigenvalue weighted by Gasteiger charge is -2.20. The highest BCUT2D eigenvalue weighted by molar-refractivity contribution is 8.02. The van der Waals surface area contributed by atoms with Crippen LogP contribution >= 0.6 is 11.8 Å². The monoisotopic (exact) mass is 368 g/mol. The van der Waals surface area contributed by atoms with Crippen LogP contribution < -0.4 is 10.2 Å². The number of nitrogens with zero attached hydrogens (tertiary/aromatic N) is 1. The van der Waals surface area contributed by atoms with Crippen molar-refractivity contribution in [2.45, 2.75) is 25.4 Å². The SMILES string of the molecule is CC(=O)NC[C@H]1CN(c2cc(F)c(C3C=CSCC3)c(F)c2)C(=O)O1. The molecule has 134 valence electrons. The molecule has 2 aliphatic rings. The first kappa shape index (κ1) is 17.7. The van der Waals surface area contributed by atoms with Crippen molar-refractivity contribution in [3.8, 4) is 0 Å². The molecule has 25 heavy (non-hydrogen) atoms. The summed E-state index contributed by atoms with van der Waals surface area (Å²) in [6.07, 6.45) is 1.22. The first-order chi connectivity index (χ1) is 12.0. The van der Waals surface area contributed by atoms with Gasteiger partial charge in [0.1, 0.15) is 17.7 Å². The fourth-order valence-electron chi connectivity index (χ4n) is 2.93. The maximum absolute atomic E-state index is 14.5. The van der Waals surface area contributed by atoms with E-state index >= 15 is 0 Å². The number of amides is 2. The van der Waals surface area contributed by atoms with Gasteiger partial charge in [0.25, 0.3) is 0 Å². The van der Waals surface area contributed by atoms with Crippen LogP contribution in [0.1, 0.15) is 24.8 Å². The summed E-state index contributed by atoms with van der Waals surface area (Å²) in [6.45, 7) is 1.64. The average molecular weight is 368 g/mol. The Morgan fingerprint density at radius 3 is 2.72 bits per heavy atom. The molecule has 2 amide bonds. The summed E-state index contributed by atoms with van der Waals surface area (Å²) in [5.74, 6) is -1.07. The second-order valence-corrected chi connectivity index (χ2v) is 6.98. The van der Waals surface area contributed by atoms with Gasteiger partial charge in [-0.3, -0.25) is 9.69 Å². The maximum atomic E-state index is 14.5. The third-order valence-corrected chi connectivity index (χ3v) is 4.97. The third-order valence-electron chi connectivity index (χ3n) is 4.15.